The number of nitrogens with zero attached hydrogens (tertiary/aromatic N) is 3. The summed E-state index contributed by atoms with van der Waals surface area (Å²) in [5.41, 5.74) is 0.910. The maximum absolute atomic E-state index is 14.1. The van der Waals surface area contributed by atoms with E-state index in [4.69, 9.17) is 0 Å². The van der Waals surface area contributed by atoms with Crippen molar-refractivity contribution in [1.82, 2.24) is 15.3 Å². The van der Waals surface area contributed by atoms with Gasteiger partial charge in [-0.2, -0.15) is 18.7 Å². The number of anilines is 1. The van der Waals surface area contributed by atoms with Gasteiger partial charge >= 0.3 is 6.08 Å². The third kappa shape index (κ3) is 2.46. The first kappa shape index (κ1) is 12.9. The molecule has 20 heavy (non-hydrogen) atoms. The largest absolute Gasteiger partial charge is 0.353 e. The molecule has 2 aromatic rings. The lowest BCUT2D eigenvalue weighted by atomic mass is 10.1. The van der Waals surface area contributed by atoms with Crippen LogP contribution in [0.5, 0.6) is 0 Å². The molecule has 1 aromatic carbocycles. The smallest absolute Gasteiger partial charge is 0.313 e. The molecule has 0 saturated carbocycles. The van der Waals surface area contributed by atoms with Crippen molar-refractivity contribution in [2.45, 2.75) is 0 Å². The second-order valence-corrected chi connectivity index (χ2v) is 4.59. The Morgan fingerprint density at radius 2 is 1.70 bits per heavy atom. The molecule has 0 atom stereocenters. The zero-order chi connectivity index (χ0) is 13.9. The normalized spacial score (nSPS) is 15.4. The summed E-state index contributed by atoms with van der Waals surface area (Å²) in [7, 11) is 0. The molecule has 1 N–H and O–H groups in total. The topological polar surface area (TPSA) is 41.1 Å². The van der Waals surface area contributed by atoms with E-state index < -0.39 is 12.0 Å². The lowest BCUT2D eigenvalue weighted by Crippen LogP contribution is -2.44. The predicted octanol–water partition coefficient (Wildman–Crippen LogP) is 1.83. The van der Waals surface area contributed by atoms with Crippen molar-refractivity contribution >= 4 is 5.82 Å². The molecule has 1 aromatic heterocycles. The Morgan fingerprint density at radius 3 is 2.40 bits per heavy atom. The third-order valence-electron chi connectivity index (χ3n) is 3.30. The Bertz CT molecular complexity index is 598. The second kappa shape index (κ2) is 5.50. The van der Waals surface area contributed by atoms with Crippen molar-refractivity contribution in [2.75, 3.05) is 31.1 Å². The van der Waals surface area contributed by atoms with Crippen LogP contribution in [0.25, 0.3) is 11.1 Å². The van der Waals surface area contributed by atoms with Crippen molar-refractivity contribution in [1.29, 1.82) is 0 Å². The van der Waals surface area contributed by atoms with Gasteiger partial charge in [-0.1, -0.05) is 30.3 Å². The van der Waals surface area contributed by atoms with Gasteiger partial charge in [0, 0.05) is 26.2 Å². The lowest BCUT2D eigenvalue weighted by molar-refractivity contribution is 0.480. The van der Waals surface area contributed by atoms with Crippen LogP contribution < -0.4 is 10.2 Å². The maximum Gasteiger partial charge on any atom is 0.313 e. The van der Waals surface area contributed by atoms with E-state index in [0.29, 0.717) is 24.5 Å². The van der Waals surface area contributed by atoms with Crippen molar-refractivity contribution < 1.29 is 8.78 Å². The molecule has 0 amide bonds. The summed E-state index contributed by atoms with van der Waals surface area (Å²) in [6, 6.07) is 8.99. The molecule has 2 heterocycles. The summed E-state index contributed by atoms with van der Waals surface area (Å²) in [6.45, 7) is 2.86. The van der Waals surface area contributed by atoms with E-state index >= 15 is 0 Å². The van der Waals surface area contributed by atoms with Crippen molar-refractivity contribution in [3.8, 4) is 11.1 Å². The standard InChI is InChI=1S/C14H14F2N4/c15-12-11(10-4-2-1-3-5-10)13(19-14(16)18-12)20-8-6-17-7-9-20/h1-5,17H,6-9H2. The number of aromatic nitrogens is 2. The number of hydrogen-bond donors (Lipinski definition) is 1. The number of piperazine rings is 1. The lowest BCUT2D eigenvalue weighted by Gasteiger charge is -2.29. The minimum atomic E-state index is -1.03. The first-order valence-electron chi connectivity index (χ1n) is 6.50. The molecular formula is C14H14F2N4. The van der Waals surface area contributed by atoms with Crippen LogP contribution in [-0.4, -0.2) is 36.1 Å². The quantitative estimate of drug-likeness (QED) is 0.671. The molecule has 1 saturated heterocycles. The molecule has 104 valence electrons. The van der Waals surface area contributed by atoms with Crippen LogP contribution >= 0.6 is 0 Å². The van der Waals surface area contributed by atoms with Gasteiger partial charge in [-0.25, -0.2) is 0 Å². The number of hydrogen-bond acceptors (Lipinski definition) is 4. The molecule has 0 aliphatic carbocycles. The molecule has 1 aliphatic heterocycles. The summed E-state index contributed by atoms with van der Waals surface area (Å²) in [5, 5.41) is 3.20. The molecule has 0 spiro atoms. The van der Waals surface area contributed by atoms with Crippen LogP contribution in [0.2, 0.25) is 0 Å². The third-order valence-corrected chi connectivity index (χ3v) is 3.30. The summed E-state index contributed by atoms with van der Waals surface area (Å²) in [4.78, 5) is 8.91. The maximum atomic E-state index is 14.1. The van der Waals surface area contributed by atoms with Crippen LogP contribution in [0.4, 0.5) is 14.6 Å². The van der Waals surface area contributed by atoms with Crippen LogP contribution in [0, 0.1) is 12.0 Å². The highest BCUT2D eigenvalue weighted by molar-refractivity contribution is 5.75. The van der Waals surface area contributed by atoms with Gasteiger partial charge in [0.05, 0.1) is 5.56 Å². The summed E-state index contributed by atoms with van der Waals surface area (Å²) in [6.07, 6.45) is -1.03. The van der Waals surface area contributed by atoms with E-state index in [9.17, 15) is 8.78 Å². The molecular weight excluding hydrogens is 262 g/mol. The monoisotopic (exact) mass is 276 g/mol. The first-order chi connectivity index (χ1) is 9.75. The average molecular weight is 276 g/mol. The first-order valence-corrected chi connectivity index (χ1v) is 6.50. The fourth-order valence-electron chi connectivity index (χ4n) is 2.36. The van der Waals surface area contributed by atoms with Crippen molar-refractivity contribution in [3.05, 3.63) is 42.4 Å². The molecule has 0 radical (unpaired) electrons. The number of benzene rings is 1. The highest BCUT2D eigenvalue weighted by Crippen LogP contribution is 2.31. The Balaban J connectivity index is 2.12. The summed E-state index contributed by atoms with van der Waals surface area (Å²) < 4.78 is 27.5. The van der Waals surface area contributed by atoms with Crippen LogP contribution in [0.15, 0.2) is 30.3 Å². The van der Waals surface area contributed by atoms with E-state index in [0.717, 1.165) is 13.1 Å². The van der Waals surface area contributed by atoms with Crippen LogP contribution in [-0.2, 0) is 0 Å². The highest BCUT2D eigenvalue weighted by Gasteiger charge is 2.22. The molecule has 1 fully saturated rings. The van der Waals surface area contributed by atoms with Gasteiger partial charge in [-0.05, 0) is 5.56 Å². The fraction of sp³-hybridized carbons (Fsp3) is 0.286. The minimum Gasteiger partial charge on any atom is -0.353 e. The van der Waals surface area contributed by atoms with Gasteiger partial charge in [0.1, 0.15) is 5.82 Å². The van der Waals surface area contributed by atoms with E-state index in [1.54, 1.807) is 24.3 Å². The zero-order valence-corrected chi connectivity index (χ0v) is 10.8. The average Bonchev–Trinajstić information content (AvgIpc) is 2.48. The summed E-state index contributed by atoms with van der Waals surface area (Å²) >= 11 is 0. The second-order valence-electron chi connectivity index (χ2n) is 4.59. The molecule has 0 bridgehead atoms. The molecule has 3 rings (SSSR count). The van der Waals surface area contributed by atoms with Gasteiger partial charge < -0.3 is 10.2 Å². The Hall–Kier alpha value is -2.08. The Morgan fingerprint density at radius 1 is 1.00 bits per heavy atom. The Labute approximate surface area is 115 Å². The van der Waals surface area contributed by atoms with Gasteiger partial charge in [0.2, 0.25) is 5.95 Å². The number of rotatable bonds is 2. The van der Waals surface area contributed by atoms with E-state index in [1.807, 2.05) is 11.0 Å². The SMILES string of the molecule is Fc1nc(F)c(-c2ccccc2)c(N2CCNCC2)n1. The van der Waals surface area contributed by atoms with Gasteiger partial charge in [-0.15, -0.1) is 0 Å². The molecule has 1 aliphatic rings. The van der Waals surface area contributed by atoms with E-state index in [2.05, 4.69) is 15.3 Å². The van der Waals surface area contributed by atoms with Crippen molar-refractivity contribution in [2.24, 2.45) is 0 Å². The van der Waals surface area contributed by atoms with E-state index in [1.165, 1.54) is 0 Å². The molecule has 4 nitrogen and oxygen atoms in total. The highest BCUT2D eigenvalue weighted by atomic mass is 19.1. The van der Waals surface area contributed by atoms with Crippen molar-refractivity contribution in [3.63, 3.8) is 0 Å². The van der Waals surface area contributed by atoms with Gasteiger partial charge in [-0.3, -0.25) is 0 Å². The minimum absolute atomic E-state index is 0.258. The van der Waals surface area contributed by atoms with Crippen LogP contribution in [0.3, 0.4) is 0 Å². The predicted molar refractivity (Wildman–Crippen MR) is 72.5 cm³/mol. The molecule has 0 unspecified atom stereocenters. The van der Waals surface area contributed by atoms with Gasteiger partial charge in [0.15, 0.2) is 0 Å². The van der Waals surface area contributed by atoms with Gasteiger partial charge in [0.25, 0.3) is 0 Å². The fourth-order valence-corrected chi connectivity index (χ4v) is 2.36. The zero-order valence-electron chi connectivity index (χ0n) is 10.8. The summed E-state index contributed by atoms with van der Waals surface area (Å²) in [5.74, 6) is -0.500. The van der Waals surface area contributed by atoms with Crippen LogP contribution in [0.1, 0.15) is 0 Å². The molecule has 6 heteroatoms. The Kier molecular flexibility index (Phi) is 3.56. The van der Waals surface area contributed by atoms with E-state index in [-0.39, 0.29) is 5.56 Å². The number of nitrogens with one attached hydrogen (secondary N) is 1. The number of halogens is 2.